The summed E-state index contributed by atoms with van der Waals surface area (Å²) in [7, 11) is 0. The molecule has 0 heterocycles. The van der Waals surface area contributed by atoms with Gasteiger partial charge in [-0.15, -0.1) is 0 Å². The van der Waals surface area contributed by atoms with E-state index in [1.165, 1.54) is 12.0 Å². The Morgan fingerprint density at radius 1 is 1.26 bits per heavy atom. The van der Waals surface area contributed by atoms with E-state index in [1.54, 1.807) is 0 Å². The van der Waals surface area contributed by atoms with Gasteiger partial charge in [-0.3, -0.25) is 4.79 Å². The van der Waals surface area contributed by atoms with Crippen LogP contribution >= 0.6 is 0 Å². The highest BCUT2D eigenvalue weighted by atomic mass is 16.5. The minimum absolute atomic E-state index is 0.0596. The summed E-state index contributed by atoms with van der Waals surface area (Å²) >= 11 is 0. The Balaban J connectivity index is 1.92. The molecule has 1 aromatic rings. The third-order valence-electron chi connectivity index (χ3n) is 3.72. The van der Waals surface area contributed by atoms with Crippen LogP contribution in [0.5, 0.6) is 5.75 Å². The first-order valence-corrected chi connectivity index (χ1v) is 7.30. The van der Waals surface area contributed by atoms with Crippen LogP contribution in [0.2, 0.25) is 0 Å². The van der Waals surface area contributed by atoms with Crippen molar-refractivity contribution in [3.63, 3.8) is 0 Å². The van der Waals surface area contributed by atoms with E-state index >= 15 is 0 Å². The lowest BCUT2D eigenvalue weighted by atomic mass is 9.89. The van der Waals surface area contributed by atoms with Gasteiger partial charge in [0.05, 0.1) is 5.92 Å². The normalized spacial score (nSPS) is 16.3. The number of hydrogen-bond acceptors (Lipinski definition) is 3. The first-order chi connectivity index (χ1) is 9.29. The summed E-state index contributed by atoms with van der Waals surface area (Å²) in [5.74, 6) is 0.710. The van der Waals surface area contributed by atoms with E-state index in [0.717, 1.165) is 38.5 Å². The molecule has 1 aromatic carbocycles. The molecular formula is C16H23NO2. The van der Waals surface area contributed by atoms with Crippen LogP contribution in [0.1, 0.15) is 44.1 Å². The highest BCUT2D eigenvalue weighted by Gasteiger charge is 2.22. The molecule has 0 radical (unpaired) electrons. The fourth-order valence-corrected chi connectivity index (χ4v) is 2.61. The van der Waals surface area contributed by atoms with Gasteiger partial charge >= 0.3 is 5.97 Å². The first kappa shape index (κ1) is 14.1. The van der Waals surface area contributed by atoms with E-state index in [1.807, 2.05) is 24.3 Å². The first-order valence-electron chi connectivity index (χ1n) is 7.30. The molecule has 0 aliphatic heterocycles. The highest BCUT2D eigenvalue weighted by Crippen LogP contribution is 2.26. The predicted molar refractivity (Wildman–Crippen MR) is 76.0 cm³/mol. The van der Waals surface area contributed by atoms with Gasteiger partial charge in [-0.1, -0.05) is 31.4 Å². The maximum atomic E-state index is 12.1. The second-order valence-electron chi connectivity index (χ2n) is 5.30. The Bertz CT molecular complexity index is 411. The van der Waals surface area contributed by atoms with Crippen molar-refractivity contribution >= 4 is 5.97 Å². The zero-order valence-corrected chi connectivity index (χ0v) is 11.4. The SMILES string of the molecule is NCCCc1cccc(OC(=O)C2CCCCC2)c1. The number of aryl methyl sites for hydroxylation is 1. The zero-order chi connectivity index (χ0) is 13.5. The molecule has 0 aromatic heterocycles. The van der Waals surface area contributed by atoms with Gasteiger partial charge in [0, 0.05) is 0 Å². The van der Waals surface area contributed by atoms with E-state index in [2.05, 4.69) is 0 Å². The lowest BCUT2D eigenvalue weighted by molar-refractivity contribution is -0.139. The fourth-order valence-electron chi connectivity index (χ4n) is 2.61. The number of nitrogens with two attached hydrogens (primary N) is 1. The summed E-state index contributed by atoms with van der Waals surface area (Å²) in [6.45, 7) is 0.687. The van der Waals surface area contributed by atoms with Gasteiger partial charge in [0.15, 0.2) is 0 Å². The van der Waals surface area contributed by atoms with Crippen molar-refractivity contribution in [3.8, 4) is 5.75 Å². The summed E-state index contributed by atoms with van der Waals surface area (Å²) in [6, 6.07) is 7.80. The summed E-state index contributed by atoms with van der Waals surface area (Å²) in [6.07, 6.45) is 7.40. The van der Waals surface area contributed by atoms with Gasteiger partial charge in [-0.25, -0.2) is 0 Å². The Labute approximate surface area is 115 Å². The maximum Gasteiger partial charge on any atom is 0.314 e. The molecule has 104 valence electrons. The number of esters is 1. The zero-order valence-electron chi connectivity index (χ0n) is 11.4. The standard InChI is InChI=1S/C16H23NO2/c17-11-5-7-13-6-4-10-15(12-13)19-16(18)14-8-2-1-3-9-14/h4,6,10,12,14H,1-3,5,7-9,11,17H2. The highest BCUT2D eigenvalue weighted by molar-refractivity contribution is 5.75. The Morgan fingerprint density at radius 2 is 2.05 bits per heavy atom. The summed E-state index contributed by atoms with van der Waals surface area (Å²) < 4.78 is 5.50. The minimum atomic E-state index is -0.0596. The van der Waals surface area contributed by atoms with Crippen molar-refractivity contribution < 1.29 is 9.53 Å². The molecule has 2 rings (SSSR count). The van der Waals surface area contributed by atoms with Crippen LogP contribution in [0.3, 0.4) is 0 Å². The summed E-state index contributed by atoms with van der Waals surface area (Å²) in [5, 5.41) is 0. The van der Waals surface area contributed by atoms with Gasteiger partial charge in [0.2, 0.25) is 0 Å². The second kappa shape index (κ2) is 7.29. The Hall–Kier alpha value is -1.35. The fraction of sp³-hybridized carbons (Fsp3) is 0.562. The van der Waals surface area contributed by atoms with Crippen LogP contribution in [-0.4, -0.2) is 12.5 Å². The van der Waals surface area contributed by atoms with E-state index in [4.69, 9.17) is 10.5 Å². The average molecular weight is 261 g/mol. The quantitative estimate of drug-likeness (QED) is 0.654. The second-order valence-corrected chi connectivity index (χ2v) is 5.30. The number of hydrogen-bond donors (Lipinski definition) is 1. The van der Waals surface area contributed by atoms with Crippen LogP contribution < -0.4 is 10.5 Å². The Kier molecular flexibility index (Phi) is 5.40. The molecule has 0 atom stereocenters. The molecule has 1 aliphatic carbocycles. The molecule has 1 fully saturated rings. The molecule has 2 N–H and O–H groups in total. The van der Waals surface area contributed by atoms with E-state index in [9.17, 15) is 4.79 Å². The molecule has 0 unspecified atom stereocenters. The van der Waals surface area contributed by atoms with Crippen molar-refractivity contribution in [1.82, 2.24) is 0 Å². The number of carbonyl (C=O) groups is 1. The van der Waals surface area contributed by atoms with Crippen LogP contribution in [-0.2, 0) is 11.2 Å². The molecule has 0 spiro atoms. The summed E-state index contributed by atoms with van der Waals surface area (Å²) in [4.78, 5) is 12.1. The molecular weight excluding hydrogens is 238 g/mol. The number of rotatable bonds is 5. The van der Waals surface area contributed by atoms with Gasteiger partial charge in [-0.2, -0.15) is 0 Å². The van der Waals surface area contributed by atoms with Gasteiger partial charge in [0.1, 0.15) is 5.75 Å². The molecule has 3 nitrogen and oxygen atoms in total. The van der Waals surface area contributed by atoms with Crippen LogP contribution in [0.25, 0.3) is 0 Å². The largest absolute Gasteiger partial charge is 0.426 e. The number of ether oxygens (including phenoxy) is 1. The monoisotopic (exact) mass is 261 g/mol. The average Bonchev–Trinajstić information content (AvgIpc) is 2.46. The van der Waals surface area contributed by atoms with Gasteiger partial charge in [0.25, 0.3) is 0 Å². The molecule has 1 aliphatic rings. The third kappa shape index (κ3) is 4.35. The topological polar surface area (TPSA) is 52.3 Å². The third-order valence-corrected chi connectivity index (χ3v) is 3.72. The molecule has 0 saturated heterocycles. The lowest BCUT2D eigenvalue weighted by Crippen LogP contribution is -2.22. The maximum absolute atomic E-state index is 12.1. The van der Waals surface area contributed by atoms with Crippen molar-refractivity contribution in [2.75, 3.05) is 6.54 Å². The summed E-state index contributed by atoms with van der Waals surface area (Å²) in [5.41, 5.74) is 6.69. The van der Waals surface area contributed by atoms with E-state index in [0.29, 0.717) is 12.3 Å². The van der Waals surface area contributed by atoms with E-state index in [-0.39, 0.29) is 11.9 Å². The van der Waals surface area contributed by atoms with Crippen molar-refractivity contribution in [1.29, 1.82) is 0 Å². The van der Waals surface area contributed by atoms with Crippen molar-refractivity contribution in [2.24, 2.45) is 11.7 Å². The predicted octanol–water partition coefficient (Wildman–Crippen LogP) is 3.06. The molecule has 1 saturated carbocycles. The van der Waals surface area contributed by atoms with Crippen molar-refractivity contribution in [2.45, 2.75) is 44.9 Å². The molecule has 0 amide bonds. The minimum Gasteiger partial charge on any atom is -0.426 e. The van der Waals surface area contributed by atoms with Crippen LogP contribution in [0.15, 0.2) is 24.3 Å². The molecule has 0 bridgehead atoms. The Morgan fingerprint density at radius 3 is 2.79 bits per heavy atom. The van der Waals surface area contributed by atoms with E-state index < -0.39 is 0 Å². The molecule has 3 heteroatoms. The van der Waals surface area contributed by atoms with Gasteiger partial charge in [-0.05, 0) is 49.9 Å². The molecule has 19 heavy (non-hydrogen) atoms. The van der Waals surface area contributed by atoms with Gasteiger partial charge < -0.3 is 10.5 Å². The van der Waals surface area contributed by atoms with Crippen molar-refractivity contribution in [3.05, 3.63) is 29.8 Å². The number of carbonyl (C=O) groups excluding carboxylic acids is 1. The van der Waals surface area contributed by atoms with Crippen LogP contribution in [0, 0.1) is 5.92 Å². The number of benzene rings is 1. The van der Waals surface area contributed by atoms with Crippen LogP contribution in [0.4, 0.5) is 0 Å². The smallest absolute Gasteiger partial charge is 0.314 e. The lowest BCUT2D eigenvalue weighted by Gasteiger charge is -2.19.